The van der Waals surface area contributed by atoms with E-state index in [1.54, 1.807) is 36.4 Å². The maximum atomic E-state index is 12.2. The quantitative estimate of drug-likeness (QED) is 0.313. The van der Waals surface area contributed by atoms with Crippen molar-refractivity contribution in [3.8, 4) is 5.75 Å². The van der Waals surface area contributed by atoms with E-state index in [1.165, 1.54) is 12.1 Å². The third kappa shape index (κ3) is 8.60. The van der Waals surface area contributed by atoms with Gasteiger partial charge in [0.05, 0.1) is 6.54 Å². The molecular weight excluding hydrogens is 472 g/mol. The molecule has 3 aromatic carbocycles. The van der Waals surface area contributed by atoms with Crippen LogP contribution in [-0.4, -0.2) is 43.3 Å². The van der Waals surface area contributed by atoms with Crippen molar-refractivity contribution >= 4 is 35.2 Å². The normalized spacial score (nSPS) is 10.2. The molecule has 0 aliphatic heterocycles. The second kappa shape index (κ2) is 12.9. The van der Waals surface area contributed by atoms with Gasteiger partial charge < -0.3 is 20.1 Å². The fraction of sp³-hybridized carbons (Fsp3) is 0.154. The number of carbonyl (C=O) groups excluding carboxylic acids is 4. The number of halogens is 1. The Labute approximate surface area is 207 Å². The Kier molecular flexibility index (Phi) is 9.39. The summed E-state index contributed by atoms with van der Waals surface area (Å²) in [4.78, 5) is 47.9. The molecule has 0 fully saturated rings. The van der Waals surface area contributed by atoms with Crippen LogP contribution in [-0.2, 0) is 20.9 Å². The van der Waals surface area contributed by atoms with Gasteiger partial charge in [-0.1, -0.05) is 41.9 Å². The number of ketones is 1. The minimum absolute atomic E-state index is 0.327. The van der Waals surface area contributed by atoms with Crippen LogP contribution in [0.25, 0.3) is 0 Å². The van der Waals surface area contributed by atoms with Crippen molar-refractivity contribution < 1.29 is 28.7 Å². The summed E-state index contributed by atoms with van der Waals surface area (Å²) in [6.07, 6.45) is 0. The zero-order valence-electron chi connectivity index (χ0n) is 18.7. The first kappa shape index (κ1) is 25.5. The first-order valence-electron chi connectivity index (χ1n) is 10.7. The summed E-state index contributed by atoms with van der Waals surface area (Å²) in [6.45, 7) is -0.823. The first-order valence-corrected chi connectivity index (χ1v) is 11.0. The van der Waals surface area contributed by atoms with Crippen molar-refractivity contribution in [1.82, 2.24) is 10.6 Å². The van der Waals surface area contributed by atoms with Gasteiger partial charge in [-0.3, -0.25) is 19.2 Å². The highest BCUT2D eigenvalue weighted by molar-refractivity contribution is 6.30. The van der Waals surface area contributed by atoms with Gasteiger partial charge in [-0.2, -0.15) is 0 Å². The number of esters is 1. The van der Waals surface area contributed by atoms with E-state index >= 15 is 0 Å². The molecule has 0 saturated carbocycles. The van der Waals surface area contributed by atoms with Crippen LogP contribution in [0, 0.1) is 0 Å². The van der Waals surface area contributed by atoms with Crippen molar-refractivity contribution in [3.63, 3.8) is 0 Å². The molecule has 3 rings (SSSR count). The summed E-state index contributed by atoms with van der Waals surface area (Å²) in [6, 6.07) is 22.3. The van der Waals surface area contributed by atoms with Gasteiger partial charge in [-0.15, -0.1) is 0 Å². The summed E-state index contributed by atoms with van der Waals surface area (Å²) in [7, 11) is 0. The fourth-order valence-corrected chi connectivity index (χ4v) is 2.98. The minimum Gasteiger partial charge on any atom is -0.489 e. The third-order valence-electron chi connectivity index (χ3n) is 4.73. The highest BCUT2D eigenvalue weighted by atomic mass is 35.5. The molecule has 0 radical (unpaired) electrons. The van der Waals surface area contributed by atoms with Crippen molar-refractivity contribution in [2.45, 2.75) is 6.61 Å². The van der Waals surface area contributed by atoms with Crippen LogP contribution >= 0.6 is 11.6 Å². The second-order valence-electron chi connectivity index (χ2n) is 7.35. The van der Waals surface area contributed by atoms with Crippen LogP contribution in [0.5, 0.6) is 5.75 Å². The Morgan fingerprint density at radius 2 is 1.40 bits per heavy atom. The predicted molar refractivity (Wildman–Crippen MR) is 129 cm³/mol. The third-order valence-corrected chi connectivity index (χ3v) is 4.99. The zero-order chi connectivity index (χ0) is 25.0. The molecule has 35 heavy (non-hydrogen) atoms. The van der Waals surface area contributed by atoms with E-state index in [2.05, 4.69) is 10.6 Å². The SMILES string of the molecule is O=C(CNC(=O)c1ccc(Cl)cc1)NCC(=O)OCC(=O)c1ccc(OCc2ccccc2)cc1. The number of benzene rings is 3. The predicted octanol–water partition coefficient (Wildman–Crippen LogP) is 3.19. The molecule has 0 aromatic heterocycles. The Bertz CT molecular complexity index is 1160. The van der Waals surface area contributed by atoms with Gasteiger partial charge in [0.2, 0.25) is 5.91 Å². The number of hydrogen-bond acceptors (Lipinski definition) is 6. The molecule has 8 nitrogen and oxygen atoms in total. The Balaban J connectivity index is 1.33. The van der Waals surface area contributed by atoms with Crippen LogP contribution < -0.4 is 15.4 Å². The monoisotopic (exact) mass is 494 g/mol. The molecule has 0 bridgehead atoms. The number of Topliss-reactive ketones (excluding diaryl/α,β-unsaturated/α-hetero) is 1. The average Bonchev–Trinajstić information content (AvgIpc) is 2.89. The molecule has 0 atom stereocenters. The van der Waals surface area contributed by atoms with E-state index in [0.717, 1.165) is 5.56 Å². The van der Waals surface area contributed by atoms with Gasteiger partial charge in [-0.05, 0) is 54.1 Å². The number of ether oxygens (including phenoxy) is 2. The standard InChI is InChI=1S/C26H23ClN2O6/c27-21-10-6-20(7-11-21)26(33)29-14-24(31)28-15-25(32)35-17-23(30)19-8-12-22(13-9-19)34-16-18-4-2-1-3-5-18/h1-13H,14-17H2,(H,28,31)(H,29,33). The van der Waals surface area contributed by atoms with E-state index in [4.69, 9.17) is 21.1 Å². The maximum Gasteiger partial charge on any atom is 0.325 e. The van der Waals surface area contributed by atoms with Crippen molar-refractivity contribution in [2.24, 2.45) is 0 Å². The molecule has 180 valence electrons. The van der Waals surface area contributed by atoms with Crippen LogP contribution in [0.3, 0.4) is 0 Å². The average molecular weight is 495 g/mol. The molecule has 0 aliphatic rings. The number of nitrogens with one attached hydrogen (secondary N) is 2. The Morgan fingerprint density at radius 3 is 2.09 bits per heavy atom. The van der Waals surface area contributed by atoms with E-state index in [-0.39, 0.29) is 6.54 Å². The van der Waals surface area contributed by atoms with E-state index < -0.39 is 36.7 Å². The lowest BCUT2D eigenvalue weighted by Gasteiger charge is -2.09. The summed E-state index contributed by atoms with van der Waals surface area (Å²) >= 11 is 5.77. The highest BCUT2D eigenvalue weighted by Crippen LogP contribution is 2.15. The summed E-state index contributed by atoms with van der Waals surface area (Å²) < 4.78 is 10.6. The highest BCUT2D eigenvalue weighted by Gasteiger charge is 2.13. The molecule has 0 spiro atoms. The van der Waals surface area contributed by atoms with Gasteiger partial charge in [-0.25, -0.2) is 0 Å². The lowest BCUT2D eigenvalue weighted by atomic mass is 10.1. The molecule has 2 amide bonds. The summed E-state index contributed by atoms with van der Waals surface area (Å²) in [5, 5.41) is 5.23. The fourth-order valence-electron chi connectivity index (χ4n) is 2.86. The van der Waals surface area contributed by atoms with E-state index in [0.29, 0.717) is 28.5 Å². The molecular formula is C26H23ClN2O6. The van der Waals surface area contributed by atoms with Crippen molar-refractivity contribution in [2.75, 3.05) is 19.7 Å². The van der Waals surface area contributed by atoms with Gasteiger partial charge in [0, 0.05) is 16.1 Å². The van der Waals surface area contributed by atoms with E-state index in [9.17, 15) is 19.2 Å². The van der Waals surface area contributed by atoms with Crippen LogP contribution in [0.2, 0.25) is 5.02 Å². The first-order chi connectivity index (χ1) is 16.9. The zero-order valence-corrected chi connectivity index (χ0v) is 19.4. The molecule has 0 unspecified atom stereocenters. The van der Waals surface area contributed by atoms with Crippen LogP contribution in [0.15, 0.2) is 78.9 Å². The number of rotatable bonds is 11. The molecule has 2 N–H and O–H groups in total. The van der Waals surface area contributed by atoms with Crippen molar-refractivity contribution in [3.05, 3.63) is 101 Å². The van der Waals surface area contributed by atoms with Crippen LogP contribution in [0.1, 0.15) is 26.3 Å². The number of hydrogen-bond donors (Lipinski definition) is 2. The maximum absolute atomic E-state index is 12.2. The molecule has 9 heteroatoms. The van der Waals surface area contributed by atoms with Gasteiger partial charge in [0.1, 0.15) is 18.9 Å². The second-order valence-corrected chi connectivity index (χ2v) is 7.79. The van der Waals surface area contributed by atoms with E-state index in [1.807, 2.05) is 30.3 Å². The van der Waals surface area contributed by atoms with Gasteiger partial charge >= 0.3 is 5.97 Å². The number of carbonyl (C=O) groups is 4. The molecule has 3 aromatic rings. The lowest BCUT2D eigenvalue weighted by Crippen LogP contribution is -2.39. The summed E-state index contributed by atoms with van der Waals surface area (Å²) in [5.74, 6) is -1.61. The summed E-state index contributed by atoms with van der Waals surface area (Å²) in [5.41, 5.74) is 1.73. The topological polar surface area (TPSA) is 111 Å². The lowest BCUT2D eigenvalue weighted by molar-refractivity contribution is -0.142. The molecule has 0 aliphatic carbocycles. The van der Waals surface area contributed by atoms with Crippen LogP contribution in [0.4, 0.5) is 0 Å². The number of amides is 2. The minimum atomic E-state index is -0.779. The Morgan fingerprint density at radius 1 is 0.743 bits per heavy atom. The van der Waals surface area contributed by atoms with Gasteiger partial charge in [0.15, 0.2) is 12.4 Å². The van der Waals surface area contributed by atoms with Crippen molar-refractivity contribution in [1.29, 1.82) is 0 Å². The molecule has 0 heterocycles. The Hall–Kier alpha value is -4.17. The molecule has 0 saturated heterocycles. The smallest absolute Gasteiger partial charge is 0.325 e. The largest absolute Gasteiger partial charge is 0.489 e. The van der Waals surface area contributed by atoms with Gasteiger partial charge in [0.25, 0.3) is 5.91 Å².